The molecule has 0 bridgehead atoms. The molecule has 1 unspecified atom stereocenters. The molecule has 5 heteroatoms. The maximum absolute atomic E-state index is 9.66. The van der Waals surface area contributed by atoms with E-state index in [1.54, 1.807) is 0 Å². The summed E-state index contributed by atoms with van der Waals surface area (Å²) in [5, 5.41) is 32.3. The summed E-state index contributed by atoms with van der Waals surface area (Å²) >= 11 is 6.16. The van der Waals surface area contributed by atoms with Crippen LogP contribution in [-0.2, 0) is 19.4 Å². The molecule has 1 aliphatic rings. The zero-order chi connectivity index (χ0) is 15.7. The van der Waals surface area contributed by atoms with E-state index >= 15 is 0 Å². The van der Waals surface area contributed by atoms with Gasteiger partial charge in [-0.2, -0.15) is 0 Å². The van der Waals surface area contributed by atoms with Gasteiger partial charge in [0.1, 0.15) is 0 Å². The standard InChI is InChI=1S/C17H18ClNO3/c18-14-8-17(22)16(21)7-12(14)6-15-13-2-1-10(9-20)5-11(13)3-4-19-15/h1-2,5,7-8,15,19-22H,3-4,6,9H2. The number of benzene rings is 2. The highest BCUT2D eigenvalue weighted by Gasteiger charge is 2.21. The Hall–Kier alpha value is -1.75. The lowest BCUT2D eigenvalue weighted by atomic mass is 9.89. The van der Waals surface area contributed by atoms with Crippen LogP contribution in [0, 0.1) is 0 Å². The highest BCUT2D eigenvalue weighted by molar-refractivity contribution is 6.31. The Kier molecular flexibility index (Phi) is 4.25. The largest absolute Gasteiger partial charge is 0.504 e. The van der Waals surface area contributed by atoms with E-state index in [4.69, 9.17) is 11.6 Å². The summed E-state index contributed by atoms with van der Waals surface area (Å²) in [6.07, 6.45) is 1.55. The molecule has 4 nitrogen and oxygen atoms in total. The van der Waals surface area contributed by atoms with Gasteiger partial charge in [-0.3, -0.25) is 0 Å². The Balaban J connectivity index is 1.90. The van der Waals surface area contributed by atoms with Crippen LogP contribution in [0.15, 0.2) is 30.3 Å². The van der Waals surface area contributed by atoms with Gasteiger partial charge in [0, 0.05) is 17.1 Å². The summed E-state index contributed by atoms with van der Waals surface area (Å²) < 4.78 is 0. The molecule has 0 amide bonds. The van der Waals surface area contributed by atoms with Crippen LogP contribution >= 0.6 is 11.6 Å². The van der Waals surface area contributed by atoms with Crippen molar-refractivity contribution in [2.45, 2.75) is 25.5 Å². The molecule has 0 radical (unpaired) electrons. The SMILES string of the molecule is OCc1ccc2c(c1)CCNC2Cc1cc(O)c(O)cc1Cl. The highest BCUT2D eigenvalue weighted by Crippen LogP contribution is 2.35. The van der Waals surface area contributed by atoms with Crippen molar-refractivity contribution in [1.29, 1.82) is 0 Å². The van der Waals surface area contributed by atoms with Gasteiger partial charge in [-0.25, -0.2) is 0 Å². The van der Waals surface area contributed by atoms with Crippen LogP contribution in [0.25, 0.3) is 0 Å². The second-order valence-electron chi connectivity index (χ2n) is 5.58. The number of phenolic OH excluding ortho intramolecular Hbond substituents is 2. The monoisotopic (exact) mass is 319 g/mol. The van der Waals surface area contributed by atoms with Gasteiger partial charge in [0.25, 0.3) is 0 Å². The van der Waals surface area contributed by atoms with E-state index in [2.05, 4.69) is 5.32 Å². The molecule has 0 aromatic heterocycles. The number of hydrogen-bond donors (Lipinski definition) is 4. The molecule has 0 aliphatic carbocycles. The molecule has 0 spiro atoms. The van der Waals surface area contributed by atoms with E-state index in [9.17, 15) is 15.3 Å². The Labute approximate surface area is 134 Å². The lowest BCUT2D eigenvalue weighted by Crippen LogP contribution is -2.31. The number of phenols is 2. The van der Waals surface area contributed by atoms with Gasteiger partial charge in [-0.1, -0.05) is 29.8 Å². The summed E-state index contributed by atoms with van der Waals surface area (Å²) in [4.78, 5) is 0. The van der Waals surface area contributed by atoms with Gasteiger partial charge in [0.15, 0.2) is 11.5 Å². The summed E-state index contributed by atoms with van der Waals surface area (Å²) in [6, 6.07) is 8.97. The van der Waals surface area contributed by atoms with Crippen molar-refractivity contribution in [3.05, 3.63) is 57.6 Å². The van der Waals surface area contributed by atoms with Crippen LogP contribution in [0.1, 0.15) is 28.3 Å². The van der Waals surface area contributed by atoms with Gasteiger partial charge < -0.3 is 20.6 Å². The van der Waals surface area contributed by atoms with E-state index in [0.717, 1.165) is 24.1 Å². The maximum atomic E-state index is 9.66. The number of aliphatic hydroxyl groups is 1. The number of rotatable bonds is 3. The fourth-order valence-electron chi connectivity index (χ4n) is 2.96. The van der Waals surface area contributed by atoms with Crippen molar-refractivity contribution in [2.75, 3.05) is 6.54 Å². The number of hydrogen-bond acceptors (Lipinski definition) is 4. The smallest absolute Gasteiger partial charge is 0.158 e. The van der Waals surface area contributed by atoms with Crippen LogP contribution in [0.2, 0.25) is 5.02 Å². The second-order valence-corrected chi connectivity index (χ2v) is 5.99. The van der Waals surface area contributed by atoms with E-state index < -0.39 is 0 Å². The Bertz CT molecular complexity index is 703. The van der Waals surface area contributed by atoms with Crippen molar-refractivity contribution in [2.24, 2.45) is 0 Å². The lowest BCUT2D eigenvalue weighted by Gasteiger charge is -2.28. The summed E-state index contributed by atoms with van der Waals surface area (Å²) in [5.74, 6) is -0.371. The average molecular weight is 320 g/mol. The first-order valence-electron chi connectivity index (χ1n) is 7.24. The van der Waals surface area contributed by atoms with Gasteiger partial charge in [-0.15, -0.1) is 0 Å². The summed E-state index contributed by atoms with van der Waals surface area (Å²) in [6.45, 7) is 0.900. The number of aromatic hydroxyl groups is 2. The number of aliphatic hydroxyl groups excluding tert-OH is 1. The Morgan fingerprint density at radius 3 is 2.68 bits per heavy atom. The summed E-state index contributed by atoms with van der Waals surface area (Å²) in [7, 11) is 0. The first kappa shape index (κ1) is 15.2. The molecule has 116 valence electrons. The Morgan fingerprint density at radius 1 is 1.14 bits per heavy atom. The predicted octanol–water partition coefficient (Wildman–Crippen LogP) is 2.67. The zero-order valence-corrected chi connectivity index (χ0v) is 12.8. The number of fused-ring (bicyclic) bond motifs is 1. The quantitative estimate of drug-likeness (QED) is 0.656. The maximum Gasteiger partial charge on any atom is 0.158 e. The van der Waals surface area contributed by atoms with Crippen molar-refractivity contribution < 1.29 is 15.3 Å². The first-order valence-corrected chi connectivity index (χ1v) is 7.62. The molecule has 4 N–H and O–H groups in total. The number of nitrogens with one attached hydrogen (secondary N) is 1. The molecular formula is C17H18ClNO3. The van der Waals surface area contributed by atoms with E-state index in [-0.39, 0.29) is 24.1 Å². The molecule has 0 saturated carbocycles. The third kappa shape index (κ3) is 2.90. The Morgan fingerprint density at radius 2 is 1.91 bits per heavy atom. The molecular weight excluding hydrogens is 302 g/mol. The van der Waals surface area contributed by atoms with Crippen LogP contribution in [-0.4, -0.2) is 21.9 Å². The normalized spacial score (nSPS) is 17.3. The van der Waals surface area contributed by atoms with Crippen LogP contribution in [0.4, 0.5) is 0 Å². The van der Waals surface area contributed by atoms with Crippen molar-refractivity contribution in [1.82, 2.24) is 5.32 Å². The van der Waals surface area contributed by atoms with Crippen LogP contribution in [0.5, 0.6) is 11.5 Å². The molecule has 22 heavy (non-hydrogen) atoms. The van der Waals surface area contributed by atoms with Gasteiger partial charge in [0.05, 0.1) is 6.61 Å². The molecule has 2 aromatic rings. The highest BCUT2D eigenvalue weighted by atomic mass is 35.5. The molecule has 1 aliphatic heterocycles. The van der Waals surface area contributed by atoms with Gasteiger partial charge in [-0.05, 0) is 47.7 Å². The van der Waals surface area contributed by atoms with Crippen LogP contribution < -0.4 is 5.32 Å². The average Bonchev–Trinajstić information content (AvgIpc) is 2.52. The molecule has 1 heterocycles. The van der Waals surface area contributed by atoms with Crippen molar-refractivity contribution >= 4 is 11.6 Å². The van der Waals surface area contributed by atoms with Gasteiger partial charge in [0.2, 0.25) is 0 Å². The lowest BCUT2D eigenvalue weighted by molar-refractivity contribution is 0.281. The molecule has 2 aromatic carbocycles. The fraction of sp³-hybridized carbons (Fsp3) is 0.294. The van der Waals surface area contributed by atoms with E-state index in [0.29, 0.717) is 11.4 Å². The first-order chi connectivity index (χ1) is 10.6. The minimum absolute atomic E-state index is 0.0447. The van der Waals surface area contributed by atoms with E-state index in [1.807, 2.05) is 18.2 Å². The third-order valence-corrected chi connectivity index (χ3v) is 4.47. The summed E-state index contributed by atoms with van der Waals surface area (Å²) in [5.41, 5.74) is 4.12. The molecule has 3 rings (SSSR count). The zero-order valence-electron chi connectivity index (χ0n) is 12.0. The minimum atomic E-state index is -0.210. The molecule has 1 atom stereocenters. The third-order valence-electron chi connectivity index (χ3n) is 4.12. The predicted molar refractivity (Wildman–Crippen MR) is 85.3 cm³/mol. The topological polar surface area (TPSA) is 72.7 Å². The number of halogens is 1. The second kappa shape index (κ2) is 6.16. The minimum Gasteiger partial charge on any atom is -0.504 e. The molecule has 0 saturated heterocycles. The van der Waals surface area contributed by atoms with Crippen molar-refractivity contribution in [3.8, 4) is 11.5 Å². The fourth-order valence-corrected chi connectivity index (χ4v) is 3.19. The molecule has 0 fully saturated rings. The van der Waals surface area contributed by atoms with Crippen molar-refractivity contribution in [3.63, 3.8) is 0 Å². The van der Waals surface area contributed by atoms with Gasteiger partial charge >= 0.3 is 0 Å². The van der Waals surface area contributed by atoms with E-state index in [1.165, 1.54) is 23.3 Å². The van der Waals surface area contributed by atoms with Crippen LogP contribution in [0.3, 0.4) is 0 Å².